The van der Waals surface area contributed by atoms with Gasteiger partial charge in [0.1, 0.15) is 6.17 Å². The summed E-state index contributed by atoms with van der Waals surface area (Å²) in [7, 11) is 1.84. The third-order valence-corrected chi connectivity index (χ3v) is 4.91. The maximum atomic E-state index is 12.9. The Balaban J connectivity index is 1.44. The lowest BCUT2D eigenvalue weighted by Crippen LogP contribution is -2.57. The molecule has 2 heterocycles. The highest BCUT2D eigenvalue weighted by molar-refractivity contribution is 6.28. The molecule has 1 amide bonds. The largest absolute Gasteiger partial charge is 0.363 e. The summed E-state index contributed by atoms with van der Waals surface area (Å²) in [4.78, 5) is 24.5. The Kier molecular flexibility index (Phi) is 3.42. The van der Waals surface area contributed by atoms with E-state index in [0.29, 0.717) is 23.4 Å². The van der Waals surface area contributed by atoms with Gasteiger partial charge in [-0.25, -0.2) is 9.37 Å². The van der Waals surface area contributed by atoms with Gasteiger partial charge in [0.25, 0.3) is 0 Å². The number of imidazole rings is 1. The Morgan fingerprint density at radius 1 is 1.46 bits per heavy atom. The summed E-state index contributed by atoms with van der Waals surface area (Å²) in [6.45, 7) is 2.05. The van der Waals surface area contributed by atoms with Crippen molar-refractivity contribution in [1.29, 1.82) is 0 Å². The second kappa shape index (κ2) is 5.27. The monoisotopic (exact) mass is 352 g/mol. The zero-order chi connectivity index (χ0) is 17.1. The van der Waals surface area contributed by atoms with Gasteiger partial charge in [0.05, 0.1) is 12.2 Å². The molecule has 0 spiro atoms. The number of aromatic nitrogens is 4. The van der Waals surface area contributed by atoms with E-state index in [4.69, 9.17) is 11.6 Å². The third kappa shape index (κ3) is 2.68. The Bertz CT molecular complexity index is 818. The van der Waals surface area contributed by atoms with Crippen LogP contribution in [-0.4, -0.2) is 43.2 Å². The van der Waals surface area contributed by atoms with E-state index in [1.165, 1.54) is 0 Å². The van der Waals surface area contributed by atoms with E-state index in [2.05, 4.69) is 32.5 Å². The first-order valence-corrected chi connectivity index (χ1v) is 8.30. The Hall–Kier alpha value is -1.96. The van der Waals surface area contributed by atoms with Crippen molar-refractivity contribution in [3.8, 4) is 0 Å². The second-order valence-electron chi connectivity index (χ2n) is 7.03. The number of nitrogens with zero attached hydrogens (tertiary/aromatic N) is 4. The van der Waals surface area contributed by atoms with Gasteiger partial charge in [-0.05, 0) is 37.8 Å². The van der Waals surface area contributed by atoms with Gasteiger partial charge < -0.3 is 15.2 Å². The summed E-state index contributed by atoms with van der Waals surface area (Å²) in [6.07, 6.45) is 2.52. The smallest absolute Gasteiger partial charge is 0.226 e. The van der Waals surface area contributed by atoms with Crippen LogP contribution >= 0.6 is 11.6 Å². The van der Waals surface area contributed by atoms with Crippen LogP contribution in [0.5, 0.6) is 0 Å². The van der Waals surface area contributed by atoms with Crippen LogP contribution in [0.4, 0.5) is 10.2 Å². The number of carbonyl (C=O) groups is 1. The zero-order valence-electron chi connectivity index (χ0n) is 13.4. The summed E-state index contributed by atoms with van der Waals surface area (Å²) in [5.41, 5.74) is 1.10. The van der Waals surface area contributed by atoms with Crippen LogP contribution in [0.25, 0.3) is 11.2 Å². The molecule has 2 aromatic rings. The number of fused-ring (bicyclic) bond motifs is 1. The predicted molar refractivity (Wildman–Crippen MR) is 87.5 cm³/mol. The van der Waals surface area contributed by atoms with Crippen LogP contribution < -0.4 is 10.6 Å². The van der Waals surface area contributed by atoms with Crippen LogP contribution in [0.15, 0.2) is 6.33 Å². The standard InChI is InChI=1S/C15H18ClFN6O/c1-15(4-7(5-15)19-13(24)8-3-9(8)17)22-11-10-12(21-14(16)20-11)23(2)6-18-10/h6-9H,3-5H2,1-2H3,(H,19,24)(H,20,21,22). The minimum absolute atomic E-state index is 0.0549. The van der Waals surface area contributed by atoms with E-state index >= 15 is 0 Å². The first kappa shape index (κ1) is 15.6. The maximum Gasteiger partial charge on any atom is 0.226 e. The van der Waals surface area contributed by atoms with Gasteiger partial charge in [-0.2, -0.15) is 9.97 Å². The van der Waals surface area contributed by atoms with Gasteiger partial charge >= 0.3 is 0 Å². The molecule has 128 valence electrons. The molecule has 0 aliphatic heterocycles. The molecule has 2 saturated carbocycles. The lowest BCUT2D eigenvalue weighted by molar-refractivity contribution is -0.124. The van der Waals surface area contributed by atoms with Crippen molar-refractivity contribution in [3.63, 3.8) is 0 Å². The van der Waals surface area contributed by atoms with Gasteiger partial charge in [0.2, 0.25) is 11.2 Å². The molecule has 2 N–H and O–H groups in total. The van der Waals surface area contributed by atoms with E-state index < -0.39 is 12.1 Å². The predicted octanol–water partition coefficient (Wildman–Crippen LogP) is 1.82. The summed E-state index contributed by atoms with van der Waals surface area (Å²) in [5, 5.41) is 6.43. The number of rotatable bonds is 4. The van der Waals surface area contributed by atoms with Crippen molar-refractivity contribution < 1.29 is 9.18 Å². The Labute approximate surface area is 143 Å². The molecule has 2 aliphatic rings. The average molecular weight is 353 g/mol. The highest BCUT2D eigenvalue weighted by atomic mass is 35.5. The fourth-order valence-corrected chi connectivity index (χ4v) is 3.49. The molecule has 0 saturated heterocycles. The van der Waals surface area contributed by atoms with Crippen LogP contribution in [0.2, 0.25) is 5.28 Å². The molecule has 0 bridgehead atoms. The molecule has 2 unspecified atom stereocenters. The van der Waals surface area contributed by atoms with Gasteiger partial charge in [0, 0.05) is 18.6 Å². The lowest BCUT2D eigenvalue weighted by Gasteiger charge is -2.46. The Morgan fingerprint density at radius 3 is 2.83 bits per heavy atom. The van der Waals surface area contributed by atoms with E-state index in [1.807, 2.05) is 7.05 Å². The number of nitrogens with one attached hydrogen (secondary N) is 2. The molecule has 2 aromatic heterocycles. The lowest BCUT2D eigenvalue weighted by atomic mass is 9.74. The summed E-state index contributed by atoms with van der Waals surface area (Å²) in [5.74, 6) is -0.0331. The van der Waals surface area contributed by atoms with E-state index in [0.717, 1.165) is 12.8 Å². The highest BCUT2D eigenvalue weighted by Gasteiger charge is 2.47. The van der Waals surface area contributed by atoms with Gasteiger partial charge in [0.15, 0.2) is 17.0 Å². The van der Waals surface area contributed by atoms with Crippen LogP contribution in [-0.2, 0) is 11.8 Å². The number of hydrogen-bond acceptors (Lipinski definition) is 5. The normalized spacial score (nSPS) is 31.6. The summed E-state index contributed by atoms with van der Waals surface area (Å²) >= 11 is 6.00. The number of amides is 1. The number of aryl methyl sites for hydroxylation is 1. The third-order valence-electron chi connectivity index (χ3n) is 4.74. The molecule has 2 aliphatic carbocycles. The second-order valence-corrected chi connectivity index (χ2v) is 7.36. The molecule has 2 atom stereocenters. The van der Waals surface area contributed by atoms with Crippen LogP contribution in [0, 0.1) is 5.92 Å². The first-order valence-electron chi connectivity index (χ1n) is 7.92. The van der Waals surface area contributed by atoms with Crippen molar-refractivity contribution in [3.05, 3.63) is 11.6 Å². The molecule has 7 nitrogen and oxygen atoms in total. The average Bonchev–Trinajstić information content (AvgIpc) is 3.10. The fraction of sp³-hybridized carbons (Fsp3) is 0.600. The van der Waals surface area contributed by atoms with Gasteiger partial charge in [-0.15, -0.1) is 0 Å². The number of hydrogen-bond donors (Lipinski definition) is 2. The maximum absolute atomic E-state index is 12.9. The topological polar surface area (TPSA) is 84.7 Å². The van der Waals surface area contributed by atoms with Crippen LogP contribution in [0.1, 0.15) is 26.2 Å². The molecule has 9 heteroatoms. The number of carbonyl (C=O) groups excluding carboxylic acids is 1. The highest BCUT2D eigenvalue weighted by Crippen LogP contribution is 2.38. The van der Waals surface area contributed by atoms with E-state index in [-0.39, 0.29) is 22.8 Å². The van der Waals surface area contributed by atoms with E-state index in [9.17, 15) is 9.18 Å². The van der Waals surface area contributed by atoms with Gasteiger partial charge in [-0.1, -0.05) is 0 Å². The van der Waals surface area contributed by atoms with Gasteiger partial charge in [-0.3, -0.25) is 4.79 Å². The molecule has 0 aromatic carbocycles. The van der Waals surface area contributed by atoms with Crippen molar-refractivity contribution in [2.75, 3.05) is 5.32 Å². The number of halogens is 2. The Morgan fingerprint density at radius 2 is 2.17 bits per heavy atom. The number of alkyl halides is 1. The van der Waals surface area contributed by atoms with E-state index in [1.54, 1.807) is 10.9 Å². The van der Waals surface area contributed by atoms with Crippen LogP contribution in [0.3, 0.4) is 0 Å². The molecule has 2 fully saturated rings. The molecule has 24 heavy (non-hydrogen) atoms. The fourth-order valence-electron chi connectivity index (χ4n) is 3.33. The summed E-state index contributed by atoms with van der Waals surface area (Å²) in [6, 6.07) is 0.0549. The molecule has 0 radical (unpaired) electrons. The van der Waals surface area contributed by atoms with Crippen molar-refractivity contribution in [1.82, 2.24) is 24.8 Å². The molecular weight excluding hydrogens is 335 g/mol. The molecule has 4 rings (SSSR count). The zero-order valence-corrected chi connectivity index (χ0v) is 14.1. The number of anilines is 1. The SMILES string of the molecule is Cn1cnc2c(NC3(C)CC(NC(=O)C4CC4F)C3)nc(Cl)nc21. The molecular formula is C15H18ClFN6O. The van der Waals surface area contributed by atoms with Crippen molar-refractivity contribution in [2.45, 2.75) is 43.9 Å². The first-order chi connectivity index (χ1) is 11.3. The summed E-state index contributed by atoms with van der Waals surface area (Å²) < 4.78 is 14.7. The van der Waals surface area contributed by atoms with Crippen molar-refractivity contribution >= 4 is 34.5 Å². The van der Waals surface area contributed by atoms with Crippen molar-refractivity contribution in [2.24, 2.45) is 13.0 Å². The minimum atomic E-state index is -0.963. The minimum Gasteiger partial charge on any atom is -0.363 e. The quantitative estimate of drug-likeness (QED) is 0.820.